The average molecular weight is 451 g/mol. The van der Waals surface area contributed by atoms with Crippen molar-refractivity contribution in [2.45, 2.75) is 13.3 Å². The Morgan fingerprint density at radius 2 is 2.14 bits per heavy atom. The van der Waals surface area contributed by atoms with Gasteiger partial charge in [0, 0.05) is 16.6 Å². The number of amides is 1. The van der Waals surface area contributed by atoms with Crippen molar-refractivity contribution in [2.75, 3.05) is 13.7 Å². The summed E-state index contributed by atoms with van der Waals surface area (Å²) in [5, 5.41) is 0. The zero-order chi connectivity index (χ0) is 15.6. The first-order valence-electron chi connectivity index (χ1n) is 6.26. The monoisotopic (exact) mass is 449 g/mol. The Morgan fingerprint density at radius 3 is 2.76 bits per heavy atom. The summed E-state index contributed by atoms with van der Waals surface area (Å²) in [4.78, 5) is 14.6. The van der Waals surface area contributed by atoms with Crippen LogP contribution in [0.15, 0.2) is 26.0 Å². The minimum atomic E-state index is -0.0370. The van der Waals surface area contributed by atoms with Gasteiger partial charge in [-0.2, -0.15) is 0 Å². The number of hydrogen-bond donors (Lipinski definition) is 0. The summed E-state index contributed by atoms with van der Waals surface area (Å²) in [5.41, 5.74) is 0.829. The van der Waals surface area contributed by atoms with Crippen molar-refractivity contribution in [1.29, 1.82) is 0 Å². The second-order valence-electron chi connectivity index (χ2n) is 4.34. The molecule has 1 aromatic carbocycles. The molecule has 1 saturated heterocycles. The van der Waals surface area contributed by atoms with E-state index in [0.717, 1.165) is 20.9 Å². The molecule has 0 saturated carbocycles. The molecule has 112 valence electrons. The van der Waals surface area contributed by atoms with Gasteiger partial charge < -0.3 is 4.74 Å². The molecule has 2 rings (SSSR count). The molecular formula is C14H13Br2NO2S2. The number of nitrogens with zero attached hydrogens (tertiary/aromatic N) is 1. The molecule has 0 N–H and O–H groups in total. The highest BCUT2D eigenvalue weighted by Gasteiger charge is 2.31. The van der Waals surface area contributed by atoms with E-state index in [0.29, 0.717) is 21.5 Å². The van der Waals surface area contributed by atoms with Crippen LogP contribution in [0.3, 0.4) is 0 Å². The van der Waals surface area contributed by atoms with Crippen LogP contribution in [0.2, 0.25) is 0 Å². The lowest BCUT2D eigenvalue weighted by Gasteiger charge is -2.12. The fourth-order valence-electron chi connectivity index (χ4n) is 1.96. The molecule has 1 aliphatic rings. The molecule has 0 spiro atoms. The number of thiocarbonyl (C=S) groups is 1. The zero-order valence-corrected chi connectivity index (χ0v) is 16.3. The number of rotatable bonds is 4. The Labute approximate surface area is 150 Å². The number of ether oxygens (including phenoxy) is 1. The Hall–Kier alpha value is -0.370. The summed E-state index contributed by atoms with van der Waals surface area (Å²) in [6.45, 7) is 2.68. The summed E-state index contributed by atoms with van der Waals surface area (Å²) in [5.74, 6) is 0.656. The summed E-state index contributed by atoms with van der Waals surface area (Å²) in [7, 11) is 1.60. The third-order valence-electron chi connectivity index (χ3n) is 2.85. The van der Waals surface area contributed by atoms with Crippen molar-refractivity contribution >= 4 is 72.1 Å². The van der Waals surface area contributed by atoms with Crippen LogP contribution in [0.1, 0.15) is 18.9 Å². The Balaban J connectivity index is 2.41. The van der Waals surface area contributed by atoms with Crippen LogP contribution in [0.25, 0.3) is 6.08 Å². The van der Waals surface area contributed by atoms with Gasteiger partial charge in [-0.1, -0.05) is 46.8 Å². The molecule has 1 heterocycles. The minimum Gasteiger partial charge on any atom is -0.495 e. The number of methoxy groups -OCH3 is 1. The summed E-state index contributed by atoms with van der Waals surface area (Å²) >= 11 is 13.5. The maximum Gasteiger partial charge on any atom is 0.266 e. The summed E-state index contributed by atoms with van der Waals surface area (Å²) in [6, 6.07) is 3.81. The van der Waals surface area contributed by atoms with Crippen molar-refractivity contribution in [3.05, 3.63) is 31.5 Å². The summed E-state index contributed by atoms with van der Waals surface area (Å²) in [6.07, 6.45) is 2.70. The van der Waals surface area contributed by atoms with Crippen LogP contribution in [0.5, 0.6) is 5.75 Å². The normalized spacial score (nSPS) is 17.0. The minimum absolute atomic E-state index is 0.0370. The molecule has 0 unspecified atom stereocenters. The highest BCUT2D eigenvalue weighted by Crippen LogP contribution is 2.38. The lowest BCUT2D eigenvalue weighted by atomic mass is 10.2. The topological polar surface area (TPSA) is 29.5 Å². The largest absolute Gasteiger partial charge is 0.495 e. The molecule has 1 fully saturated rings. The van der Waals surface area contributed by atoms with Gasteiger partial charge in [0.25, 0.3) is 5.91 Å². The van der Waals surface area contributed by atoms with Crippen molar-refractivity contribution < 1.29 is 9.53 Å². The quantitative estimate of drug-likeness (QED) is 0.485. The van der Waals surface area contributed by atoms with E-state index in [1.165, 1.54) is 11.8 Å². The van der Waals surface area contributed by atoms with Crippen LogP contribution in [-0.2, 0) is 4.79 Å². The van der Waals surface area contributed by atoms with E-state index in [1.807, 2.05) is 25.1 Å². The van der Waals surface area contributed by atoms with Gasteiger partial charge in [0.1, 0.15) is 10.1 Å². The lowest BCUT2D eigenvalue weighted by Crippen LogP contribution is -2.28. The molecule has 0 radical (unpaired) electrons. The molecule has 1 aromatic rings. The van der Waals surface area contributed by atoms with E-state index in [-0.39, 0.29) is 5.91 Å². The Bertz CT molecular complexity index is 632. The van der Waals surface area contributed by atoms with Gasteiger partial charge >= 0.3 is 0 Å². The molecule has 0 aliphatic carbocycles. The maximum absolute atomic E-state index is 12.4. The first kappa shape index (κ1) is 17.0. The molecule has 0 bridgehead atoms. The van der Waals surface area contributed by atoms with Crippen molar-refractivity contribution in [3.8, 4) is 5.75 Å². The standard InChI is InChI=1S/C14H13Br2NO2S2/c1-3-4-17-13(18)11(21-14(17)20)6-8-5-9(15)7-10(16)12(8)19-2/h5-7H,3-4H2,1-2H3/b11-6+. The second-order valence-corrected chi connectivity index (χ2v) is 7.79. The molecule has 0 atom stereocenters. The number of hydrogen-bond acceptors (Lipinski definition) is 4. The SMILES string of the molecule is CCCN1C(=O)/C(=C\c2cc(Br)cc(Br)c2OC)SC1=S. The average Bonchev–Trinajstić information content (AvgIpc) is 2.66. The van der Waals surface area contributed by atoms with Crippen LogP contribution >= 0.6 is 55.8 Å². The fraction of sp³-hybridized carbons (Fsp3) is 0.286. The number of thioether (sulfide) groups is 1. The van der Waals surface area contributed by atoms with Gasteiger partial charge in [-0.25, -0.2) is 0 Å². The van der Waals surface area contributed by atoms with E-state index in [4.69, 9.17) is 17.0 Å². The Kier molecular flexibility index (Phi) is 5.88. The third-order valence-corrected chi connectivity index (χ3v) is 5.27. The predicted octanol–water partition coefficient (Wildman–Crippen LogP) is 4.83. The highest BCUT2D eigenvalue weighted by atomic mass is 79.9. The number of halogens is 2. The molecule has 0 aromatic heterocycles. The van der Waals surface area contributed by atoms with Gasteiger partial charge in [-0.3, -0.25) is 9.69 Å². The smallest absolute Gasteiger partial charge is 0.266 e. The van der Waals surface area contributed by atoms with Crippen LogP contribution in [0.4, 0.5) is 0 Å². The number of carbonyl (C=O) groups excluding carboxylic acids is 1. The fourth-order valence-corrected chi connectivity index (χ4v) is 4.68. The maximum atomic E-state index is 12.4. The van der Waals surface area contributed by atoms with Gasteiger partial charge in [-0.05, 0) is 40.6 Å². The molecule has 3 nitrogen and oxygen atoms in total. The number of carbonyl (C=O) groups is 1. The van der Waals surface area contributed by atoms with E-state index >= 15 is 0 Å². The molecule has 1 aliphatic heterocycles. The molecule has 7 heteroatoms. The lowest BCUT2D eigenvalue weighted by molar-refractivity contribution is -0.122. The van der Waals surface area contributed by atoms with Gasteiger partial charge in [0.2, 0.25) is 0 Å². The van der Waals surface area contributed by atoms with E-state index in [2.05, 4.69) is 31.9 Å². The molecule has 21 heavy (non-hydrogen) atoms. The van der Waals surface area contributed by atoms with Crippen molar-refractivity contribution in [3.63, 3.8) is 0 Å². The van der Waals surface area contributed by atoms with E-state index in [9.17, 15) is 4.79 Å². The van der Waals surface area contributed by atoms with Crippen LogP contribution in [-0.4, -0.2) is 28.8 Å². The predicted molar refractivity (Wildman–Crippen MR) is 98.6 cm³/mol. The Morgan fingerprint density at radius 1 is 1.43 bits per heavy atom. The van der Waals surface area contributed by atoms with Crippen LogP contribution < -0.4 is 4.74 Å². The first-order chi connectivity index (χ1) is 9.97. The third kappa shape index (κ3) is 3.70. The van der Waals surface area contributed by atoms with Gasteiger partial charge in [0.15, 0.2) is 0 Å². The van der Waals surface area contributed by atoms with Gasteiger partial charge in [0.05, 0.1) is 16.5 Å². The van der Waals surface area contributed by atoms with E-state index < -0.39 is 0 Å². The van der Waals surface area contributed by atoms with E-state index in [1.54, 1.807) is 12.0 Å². The summed E-state index contributed by atoms with van der Waals surface area (Å²) < 4.78 is 7.75. The van der Waals surface area contributed by atoms with Crippen molar-refractivity contribution in [2.24, 2.45) is 0 Å². The first-order valence-corrected chi connectivity index (χ1v) is 9.07. The molecular weight excluding hydrogens is 438 g/mol. The van der Waals surface area contributed by atoms with Gasteiger partial charge in [-0.15, -0.1) is 0 Å². The molecule has 1 amide bonds. The second kappa shape index (κ2) is 7.26. The highest BCUT2D eigenvalue weighted by molar-refractivity contribution is 9.11. The zero-order valence-electron chi connectivity index (χ0n) is 11.5. The van der Waals surface area contributed by atoms with Crippen molar-refractivity contribution in [1.82, 2.24) is 4.90 Å². The number of benzene rings is 1. The van der Waals surface area contributed by atoms with Crippen LogP contribution in [0, 0.1) is 0 Å².